The van der Waals surface area contributed by atoms with E-state index in [1.807, 2.05) is 12.1 Å². The first-order valence-electron chi connectivity index (χ1n) is 6.48. The number of piperidine rings is 1. The summed E-state index contributed by atoms with van der Waals surface area (Å²) in [6.45, 7) is 2.14. The summed E-state index contributed by atoms with van der Waals surface area (Å²) < 4.78 is 1.05. The summed E-state index contributed by atoms with van der Waals surface area (Å²) in [7, 11) is 0. The van der Waals surface area contributed by atoms with E-state index in [2.05, 4.69) is 33.4 Å². The van der Waals surface area contributed by atoms with E-state index in [1.165, 1.54) is 0 Å². The number of carbonyl (C=O) groups is 1. The van der Waals surface area contributed by atoms with Gasteiger partial charge in [0.15, 0.2) is 5.78 Å². The summed E-state index contributed by atoms with van der Waals surface area (Å²) in [6.07, 6.45) is 5.32. The molecule has 1 saturated heterocycles. The normalized spacial score (nSPS) is 22.5. The number of carbonyl (C=O) groups excluding carboxylic acids is 1. The SMILES string of the molecule is O=C1C(=CC2CCNCC2)Cc2cc(Br)ccc21. The molecule has 2 aliphatic rings. The Balaban J connectivity index is 1.85. The summed E-state index contributed by atoms with van der Waals surface area (Å²) in [5.41, 5.74) is 3.04. The minimum Gasteiger partial charge on any atom is -0.317 e. The third kappa shape index (κ3) is 2.29. The number of hydrogen-bond acceptors (Lipinski definition) is 2. The van der Waals surface area contributed by atoms with E-state index in [9.17, 15) is 4.79 Å². The summed E-state index contributed by atoms with van der Waals surface area (Å²) in [4.78, 5) is 12.3. The van der Waals surface area contributed by atoms with Crippen LogP contribution in [0.15, 0.2) is 34.3 Å². The van der Waals surface area contributed by atoms with E-state index in [0.29, 0.717) is 5.92 Å². The van der Waals surface area contributed by atoms with Crippen molar-refractivity contribution in [2.45, 2.75) is 19.3 Å². The van der Waals surface area contributed by atoms with Crippen molar-refractivity contribution in [3.8, 4) is 0 Å². The number of benzene rings is 1. The lowest BCUT2D eigenvalue weighted by atomic mass is 9.94. The van der Waals surface area contributed by atoms with Crippen molar-refractivity contribution in [1.29, 1.82) is 0 Å². The monoisotopic (exact) mass is 305 g/mol. The van der Waals surface area contributed by atoms with Gasteiger partial charge in [-0.2, -0.15) is 0 Å². The van der Waals surface area contributed by atoms with Gasteiger partial charge in [0.25, 0.3) is 0 Å². The van der Waals surface area contributed by atoms with Crippen LogP contribution in [-0.2, 0) is 6.42 Å². The lowest BCUT2D eigenvalue weighted by Gasteiger charge is -2.19. The molecule has 0 bridgehead atoms. The molecule has 1 fully saturated rings. The van der Waals surface area contributed by atoms with E-state index in [-0.39, 0.29) is 5.78 Å². The van der Waals surface area contributed by atoms with Gasteiger partial charge in [-0.25, -0.2) is 0 Å². The third-order valence-corrected chi connectivity index (χ3v) is 4.30. The molecule has 1 N–H and O–H groups in total. The quantitative estimate of drug-likeness (QED) is 0.808. The minimum atomic E-state index is 0.232. The molecule has 94 valence electrons. The van der Waals surface area contributed by atoms with Gasteiger partial charge in [-0.05, 0) is 55.6 Å². The maximum Gasteiger partial charge on any atom is 0.189 e. The molecule has 0 atom stereocenters. The van der Waals surface area contributed by atoms with Gasteiger partial charge in [-0.3, -0.25) is 4.79 Å². The molecule has 1 heterocycles. The van der Waals surface area contributed by atoms with E-state index in [0.717, 1.165) is 53.5 Å². The second-order valence-corrected chi connectivity index (χ2v) is 6.00. The first-order valence-corrected chi connectivity index (χ1v) is 7.28. The highest BCUT2D eigenvalue weighted by Gasteiger charge is 2.25. The van der Waals surface area contributed by atoms with Crippen LogP contribution >= 0.6 is 15.9 Å². The average Bonchev–Trinajstić information content (AvgIpc) is 2.67. The second-order valence-electron chi connectivity index (χ2n) is 5.09. The number of nitrogens with one attached hydrogen (secondary N) is 1. The number of hydrogen-bond donors (Lipinski definition) is 1. The van der Waals surface area contributed by atoms with Gasteiger partial charge in [0, 0.05) is 22.0 Å². The van der Waals surface area contributed by atoms with Crippen LogP contribution in [0.4, 0.5) is 0 Å². The molecule has 3 heteroatoms. The molecule has 0 aromatic heterocycles. The molecule has 18 heavy (non-hydrogen) atoms. The molecule has 1 aromatic carbocycles. The predicted molar refractivity (Wildman–Crippen MR) is 75.9 cm³/mol. The van der Waals surface area contributed by atoms with Crippen molar-refractivity contribution in [3.05, 3.63) is 45.4 Å². The first kappa shape index (κ1) is 12.1. The molecule has 0 amide bonds. The maximum atomic E-state index is 12.3. The van der Waals surface area contributed by atoms with Crippen molar-refractivity contribution in [3.63, 3.8) is 0 Å². The van der Waals surface area contributed by atoms with Crippen molar-refractivity contribution >= 4 is 21.7 Å². The zero-order valence-corrected chi connectivity index (χ0v) is 11.8. The Bertz CT molecular complexity index is 515. The van der Waals surface area contributed by atoms with Crippen LogP contribution in [0.3, 0.4) is 0 Å². The number of ketones is 1. The molecular formula is C15H16BrNO. The third-order valence-electron chi connectivity index (χ3n) is 3.81. The molecule has 0 unspecified atom stereocenters. The van der Waals surface area contributed by atoms with Crippen LogP contribution in [0.1, 0.15) is 28.8 Å². The fourth-order valence-corrected chi connectivity index (χ4v) is 3.23. The van der Waals surface area contributed by atoms with E-state index < -0.39 is 0 Å². The molecule has 0 spiro atoms. The minimum absolute atomic E-state index is 0.232. The highest BCUT2D eigenvalue weighted by molar-refractivity contribution is 9.10. The molecular weight excluding hydrogens is 290 g/mol. The van der Waals surface area contributed by atoms with Crippen LogP contribution in [0, 0.1) is 5.92 Å². The number of Topliss-reactive ketones (excluding diaryl/α,β-unsaturated/α-hetero) is 1. The molecule has 0 radical (unpaired) electrons. The molecule has 1 aromatic rings. The van der Waals surface area contributed by atoms with E-state index in [4.69, 9.17) is 0 Å². The summed E-state index contributed by atoms with van der Waals surface area (Å²) in [6, 6.07) is 5.95. The van der Waals surface area contributed by atoms with Crippen molar-refractivity contribution in [2.75, 3.05) is 13.1 Å². The fraction of sp³-hybridized carbons (Fsp3) is 0.400. The number of rotatable bonds is 1. The first-order chi connectivity index (χ1) is 8.74. The van der Waals surface area contributed by atoms with Gasteiger partial charge in [0.2, 0.25) is 0 Å². The van der Waals surface area contributed by atoms with Gasteiger partial charge in [0.05, 0.1) is 0 Å². The Morgan fingerprint density at radius 1 is 1.28 bits per heavy atom. The molecule has 3 rings (SSSR count). The van der Waals surface area contributed by atoms with Crippen LogP contribution in [0.5, 0.6) is 0 Å². The van der Waals surface area contributed by atoms with Crippen LogP contribution < -0.4 is 5.32 Å². The van der Waals surface area contributed by atoms with Crippen molar-refractivity contribution in [2.24, 2.45) is 5.92 Å². The molecule has 0 saturated carbocycles. The molecule has 1 aliphatic heterocycles. The van der Waals surface area contributed by atoms with Crippen LogP contribution in [0.2, 0.25) is 0 Å². The van der Waals surface area contributed by atoms with Crippen molar-refractivity contribution < 1.29 is 4.79 Å². The lowest BCUT2D eigenvalue weighted by molar-refractivity contribution is 0.103. The average molecular weight is 306 g/mol. The van der Waals surface area contributed by atoms with E-state index >= 15 is 0 Å². The number of fused-ring (bicyclic) bond motifs is 1. The van der Waals surface area contributed by atoms with Gasteiger partial charge >= 0.3 is 0 Å². The summed E-state index contributed by atoms with van der Waals surface area (Å²) in [5.74, 6) is 0.805. The second kappa shape index (κ2) is 4.98. The predicted octanol–water partition coefficient (Wildman–Crippen LogP) is 3.11. The zero-order chi connectivity index (χ0) is 12.5. The Labute approximate surface area is 116 Å². The largest absolute Gasteiger partial charge is 0.317 e. The van der Waals surface area contributed by atoms with Crippen molar-refractivity contribution in [1.82, 2.24) is 5.32 Å². The number of allylic oxidation sites excluding steroid dienone is 2. The van der Waals surface area contributed by atoms with Gasteiger partial charge in [-0.15, -0.1) is 0 Å². The standard InChI is InChI=1S/C15H16BrNO/c16-13-1-2-14-11(9-13)8-12(15(14)18)7-10-3-5-17-6-4-10/h1-2,7,9-10,17H,3-6,8H2. The Kier molecular flexibility index (Phi) is 3.35. The van der Waals surface area contributed by atoms with Gasteiger partial charge in [-0.1, -0.05) is 22.0 Å². The van der Waals surface area contributed by atoms with Crippen LogP contribution in [0.25, 0.3) is 0 Å². The maximum absolute atomic E-state index is 12.3. The summed E-state index contributed by atoms with van der Waals surface area (Å²) >= 11 is 3.46. The molecule has 2 nitrogen and oxygen atoms in total. The lowest BCUT2D eigenvalue weighted by Crippen LogP contribution is -2.27. The topological polar surface area (TPSA) is 29.1 Å². The zero-order valence-electron chi connectivity index (χ0n) is 10.2. The Morgan fingerprint density at radius 2 is 2.06 bits per heavy atom. The van der Waals surface area contributed by atoms with E-state index in [1.54, 1.807) is 0 Å². The Morgan fingerprint density at radius 3 is 2.83 bits per heavy atom. The highest BCUT2D eigenvalue weighted by Crippen LogP contribution is 2.30. The fourth-order valence-electron chi connectivity index (χ4n) is 2.82. The Hall–Kier alpha value is -0.930. The summed E-state index contributed by atoms with van der Waals surface area (Å²) in [5, 5.41) is 3.36. The van der Waals surface area contributed by atoms with Crippen LogP contribution in [-0.4, -0.2) is 18.9 Å². The van der Waals surface area contributed by atoms with Gasteiger partial charge in [0.1, 0.15) is 0 Å². The smallest absolute Gasteiger partial charge is 0.189 e. The van der Waals surface area contributed by atoms with Gasteiger partial charge < -0.3 is 5.32 Å². The highest BCUT2D eigenvalue weighted by atomic mass is 79.9. The molecule has 1 aliphatic carbocycles. The number of halogens is 1.